The summed E-state index contributed by atoms with van der Waals surface area (Å²) in [5.41, 5.74) is 1.04. The molecule has 44 heavy (non-hydrogen) atoms. The second-order valence-electron chi connectivity index (χ2n) is 13.4. The van der Waals surface area contributed by atoms with Crippen LogP contribution >= 0.6 is 0 Å². The molecule has 0 saturated heterocycles. The first-order chi connectivity index (χ1) is 20.7. The van der Waals surface area contributed by atoms with E-state index in [0.717, 1.165) is 48.8 Å². The van der Waals surface area contributed by atoms with Crippen molar-refractivity contribution in [3.05, 3.63) is 47.0 Å². The lowest BCUT2D eigenvalue weighted by Gasteiger charge is -2.29. The average molecular weight is 612 g/mol. The summed E-state index contributed by atoms with van der Waals surface area (Å²) >= 11 is 0. The number of aryl methyl sites for hydroxylation is 1. The summed E-state index contributed by atoms with van der Waals surface area (Å²) in [4.78, 5) is 37.7. The van der Waals surface area contributed by atoms with Gasteiger partial charge in [0.1, 0.15) is 29.1 Å². The first-order valence-electron chi connectivity index (χ1n) is 15.6. The Balaban J connectivity index is 1.77. The third-order valence-corrected chi connectivity index (χ3v) is 7.34. The van der Waals surface area contributed by atoms with Gasteiger partial charge in [0.05, 0.1) is 10.8 Å². The number of ether oxygens (including phenoxy) is 4. The van der Waals surface area contributed by atoms with Gasteiger partial charge in [0.15, 0.2) is 0 Å². The Labute approximate surface area is 261 Å². The first-order valence-corrected chi connectivity index (χ1v) is 15.6. The van der Waals surface area contributed by atoms with Crippen LogP contribution in [-0.4, -0.2) is 43.2 Å². The van der Waals surface area contributed by atoms with Gasteiger partial charge < -0.3 is 29.4 Å². The highest BCUT2D eigenvalue weighted by Gasteiger charge is 2.32. The van der Waals surface area contributed by atoms with Gasteiger partial charge in [-0.05, 0) is 97.4 Å². The zero-order chi connectivity index (χ0) is 32.5. The van der Waals surface area contributed by atoms with Crippen molar-refractivity contribution < 1.29 is 38.4 Å². The normalized spacial score (nSPS) is 14.2. The number of aliphatic hydroxyl groups is 1. The predicted octanol–water partition coefficient (Wildman–Crippen LogP) is 6.81. The van der Waals surface area contributed by atoms with E-state index in [1.807, 2.05) is 12.1 Å². The maximum atomic E-state index is 12.9. The molecule has 0 radical (unpaired) electrons. The minimum absolute atomic E-state index is 0.0222. The average Bonchev–Trinajstić information content (AvgIpc) is 2.95. The lowest BCUT2D eigenvalue weighted by Crippen LogP contribution is -2.26. The lowest BCUT2D eigenvalue weighted by molar-refractivity contribution is -0.143. The van der Waals surface area contributed by atoms with Gasteiger partial charge in [0, 0.05) is 49.9 Å². The molecule has 242 valence electrons. The molecule has 9 nitrogen and oxygen atoms in total. The van der Waals surface area contributed by atoms with Crippen molar-refractivity contribution in [3.63, 3.8) is 0 Å². The van der Waals surface area contributed by atoms with Gasteiger partial charge >= 0.3 is 11.9 Å². The first kappa shape index (κ1) is 35.1. The molecule has 2 N–H and O–H groups in total. The van der Waals surface area contributed by atoms with Crippen molar-refractivity contribution in [2.45, 2.75) is 99.0 Å². The van der Waals surface area contributed by atoms with Crippen molar-refractivity contribution in [1.82, 2.24) is 5.32 Å². The number of esters is 2. The minimum Gasteiger partial charge on any atom is -0.456 e. The zero-order valence-electron chi connectivity index (χ0n) is 27.3. The van der Waals surface area contributed by atoms with E-state index < -0.39 is 16.9 Å². The van der Waals surface area contributed by atoms with E-state index in [-0.39, 0.29) is 24.5 Å². The van der Waals surface area contributed by atoms with Crippen LogP contribution in [0.5, 0.6) is 23.0 Å². The van der Waals surface area contributed by atoms with Crippen molar-refractivity contribution in [1.29, 1.82) is 0 Å². The van der Waals surface area contributed by atoms with Crippen LogP contribution in [0.25, 0.3) is 0 Å². The minimum atomic E-state index is -0.711. The van der Waals surface area contributed by atoms with Crippen LogP contribution < -0.4 is 19.5 Å². The molecular weight excluding hydrogens is 562 g/mol. The molecule has 0 bridgehead atoms. The molecule has 0 aliphatic carbocycles. The Hall–Kier alpha value is -3.43. The lowest BCUT2D eigenvalue weighted by atomic mass is 9.93. The Kier molecular flexibility index (Phi) is 12.4. The summed E-state index contributed by atoms with van der Waals surface area (Å²) in [6.45, 7) is 11.6. The van der Waals surface area contributed by atoms with Crippen LogP contribution in [-0.2, 0) is 25.5 Å². The van der Waals surface area contributed by atoms with E-state index in [1.54, 1.807) is 66.9 Å². The summed E-state index contributed by atoms with van der Waals surface area (Å²) < 4.78 is 23.7. The molecule has 3 rings (SSSR count). The van der Waals surface area contributed by atoms with E-state index in [2.05, 4.69) is 5.32 Å². The fourth-order valence-electron chi connectivity index (χ4n) is 4.65. The number of nitrogens with one attached hydrogen (secondary N) is 1. The number of hydrogen-bond acceptors (Lipinski definition) is 8. The number of rotatable bonds is 14. The van der Waals surface area contributed by atoms with E-state index >= 15 is 0 Å². The molecule has 2 aromatic carbocycles. The van der Waals surface area contributed by atoms with Crippen LogP contribution in [0.1, 0.15) is 109 Å². The van der Waals surface area contributed by atoms with Crippen LogP contribution in [0.2, 0.25) is 0 Å². The molecular formula is C35H49NO8. The van der Waals surface area contributed by atoms with Crippen LogP contribution in [0.4, 0.5) is 0 Å². The number of fused-ring (bicyclic) bond motifs is 2. The molecule has 1 heterocycles. The fraction of sp³-hybridized carbons (Fsp3) is 0.571. The van der Waals surface area contributed by atoms with Crippen molar-refractivity contribution in [2.75, 3.05) is 20.3 Å². The number of amides is 1. The maximum Gasteiger partial charge on any atom is 0.316 e. The molecule has 1 atom stereocenters. The summed E-state index contributed by atoms with van der Waals surface area (Å²) in [5, 5.41) is 11.8. The van der Waals surface area contributed by atoms with E-state index in [0.29, 0.717) is 48.8 Å². The molecule has 1 aliphatic heterocycles. The predicted molar refractivity (Wildman–Crippen MR) is 168 cm³/mol. The molecule has 1 amide bonds. The van der Waals surface area contributed by atoms with Gasteiger partial charge in [-0.25, -0.2) is 0 Å². The molecule has 0 spiro atoms. The zero-order valence-corrected chi connectivity index (χ0v) is 27.3. The quantitative estimate of drug-likeness (QED) is 0.136. The summed E-state index contributed by atoms with van der Waals surface area (Å²) in [6.07, 6.45) is 5.61. The number of hydrogen-bond donors (Lipinski definition) is 2. The van der Waals surface area contributed by atoms with Gasteiger partial charge in [-0.1, -0.05) is 12.8 Å². The monoisotopic (exact) mass is 611 g/mol. The summed E-state index contributed by atoms with van der Waals surface area (Å²) in [6, 6.07) is 8.90. The molecule has 2 aromatic rings. The van der Waals surface area contributed by atoms with E-state index in [1.165, 1.54) is 0 Å². The largest absolute Gasteiger partial charge is 0.456 e. The highest BCUT2D eigenvalue weighted by atomic mass is 16.5. The second kappa shape index (κ2) is 15.5. The molecule has 0 saturated carbocycles. The van der Waals surface area contributed by atoms with Gasteiger partial charge in [-0.2, -0.15) is 0 Å². The maximum absolute atomic E-state index is 12.9. The van der Waals surface area contributed by atoms with Crippen molar-refractivity contribution >= 4 is 17.8 Å². The van der Waals surface area contributed by atoms with Crippen LogP contribution in [0, 0.1) is 10.8 Å². The number of benzene rings is 2. The summed E-state index contributed by atoms with van der Waals surface area (Å²) in [7, 11) is 1.62. The smallest absolute Gasteiger partial charge is 0.316 e. The number of aliphatic hydroxyl groups excluding tert-OH is 1. The molecule has 1 aliphatic rings. The van der Waals surface area contributed by atoms with Crippen molar-refractivity contribution in [2.24, 2.45) is 10.8 Å². The molecule has 0 fully saturated rings. The molecule has 9 heteroatoms. The topological polar surface area (TPSA) is 120 Å². The number of carbonyl (C=O) groups excluding carboxylic acids is 3. The molecule has 1 unspecified atom stereocenters. The van der Waals surface area contributed by atoms with Crippen LogP contribution in [0.15, 0.2) is 30.3 Å². The van der Waals surface area contributed by atoms with Gasteiger partial charge in [-0.15, -0.1) is 0 Å². The van der Waals surface area contributed by atoms with Gasteiger partial charge in [-0.3, -0.25) is 14.4 Å². The van der Waals surface area contributed by atoms with Gasteiger partial charge in [0.25, 0.3) is 0 Å². The van der Waals surface area contributed by atoms with Crippen molar-refractivity contribution in [3.8, 4) is 23.0 Å². The second-order valence-corrected chi connectivity index (χ2v) is 13.4. The highest BCUT2D eigenvalue weighted by molar-refractivity contribution is 5.79. The molecule has 0 aromatic heterocycles. The van der Waals surface area contributed by atoms with E-state index in [9.17, 15) is 14.4 Å². The number of methoxy groups -OCH3 is 1. The third-order valence-electron chi connectivity index (χ3n) is 7.34. The summed E-state index contributed by atoms with van der Waals surface area (Å²) in [5.74, 6) is 1.05. The SMILES string of the molecule is COC1c2ccc(OC(=O)C(C)(C)C)cc2Oc2cc(OC(=O)C(C)(C)C)c(CCCCC(=O)NCCCCCCO)cc21. The number of unbranched alkanes of at least 4 members (excludes halogenated alkanes) is 4. The Bertz CT molecular complexity index is 1310. The van der Waals surface area contributed by atoms with Gasteiger partial charge in [0.2, 0.25) is 5.91 Å². The third kappa shape index (κ3) is 9.79. The van der Waals surface area contributed by atoms with E-state index in [4.69, 9.17) is 24.1 Å². The highest BCUT2D eigenvalue weighted by Crippen LogP contribution is 2.48. The Morgan fingerprint density at radius 3 is 2.14 bits per heavy atom. The standard InChI is InChI=1S/C35H49NO8/c1-34(2,3)32(39)42-24-16-17-25-28(21-24)43-29-22-27(44-33(40)35(4,5)6)23(20-26(29)31(25)41-7)14-10-11-15-30(38)36-18-12-8-9-13-19-37/h16-17,20-22,31,37H,8-15,18-19H2,1-7H3,(H,36,38). The Morgan fingerprint density at radius 2 is 1.48 bits per heavy atom. The van der Waals surface area contributed by atoms with Crippen LogP contribution in [0.3, 0.4) is 0 Å². The fourth-order valence-corrected chi connectivity index (χ4v) is 4.65. The number of carbonyl (C=O) groups is 3. The Morgan fingerprint density at radius 1 is 0.818 bits per heavy atom.